The maximum Gasteiger partial charge on any atom is 0.253 e. The lowest BCUT2D eigenvalue weighted by molar-refractivity contribution is 0.0686. The van der Waals surface area contributed by atoms with Crippen LogP contribution in [-0.4, -0.2) is 33.9 Å². The minimum absolute atomic E-state index is 0.120. The van der Waals surface area contributed by atoms with Crippen LogP contribution in [0.5, 0.6) is 0 Å². The summed E-state index contributed by atoms with van der Waals surface area (Å²) in [5.74, 6) is 0.852. The van der Waals surface area contributed by atoms with Crippen LogP contribution in [0, 0.1) is 19.8 Å². The molecule has 3 aromatic rings. The van der Waals surface area contributed by atoms with Crippen molar-refractivity contribution < 1.29 is 4.79 Å². The second-order valence-corrected chi connectivity index (χ2v) is 8.21. The molecule has 0 atom stereocenters. The van der Waals surface area contributed by atoms with E-state index < -0.39 is 0 Å². The molecule has 29 heavy (non-hydrogen) atoms. The van der Waals surface area contributed by atoms with E-state index >= 15 is 0 Å². The number of piperidine rings is 1. The van der Waals surface area contributed by atoms with E-state index in [0.29, 0.717) is 0 Å². The largest absolute Gasteiger partial charge is 0.339 e. The minimum Gasteiger partial charge on any atom is -0.339 e. The predicted molar refractivity (Wildman–Crippen MR) is 117 cm³/mol. The van der Waals surface area contributed by atoms with Gasteiger partial charge in [-0.3, -0.25) is 4.79 Å². The van der Waals surface area contributed by atoms with Gasteiger partial charge in [0, 0.05) is 18.7 Å². The highest BCUT2D eigenvalue weighted by Gasteiger charge is 2.23. The number of aryl methyl sites for hydroxylation is 3. The first-order valence-electron chi connectivity index (χ1n) is 10.7. The van der Waals surface area contributed by atoms with Gasteiger partial charge in [0.05, 0.1) is 22.4 Å². The molecule has 1 aliphatic heterocycles. The molecule has 4 rings (SSSR count). The first-order chi connectivity index (χ1) is 14.1. The van der Waals surface area contributed by atoms with Gasteiger partial charge in [-0.15, -0.1) is 0 Å². The van der Waals surface area contributed by atoms with Gasteiger partial charge < -0.3 is 4.90 Å². The topological polar surface area (TPSA) is 46.1 Å². The molecule has 150 valence electrons. The zero-order chi connectivity index (χ0) is 20.2. The number of carbonyl (C=O) groups is 1. The van der Waals surface area contributed by atoms with Crippen molar-refractivity contribution >= 4 is 16.9 Å². The Kier molecular flexibility index (Phi) is 5.89. The van der Waals surface area contributed by atoms with E-state index in [1.165, 1.54) is 18.4 Å². The summed E-state index contributed by atoms with van der Waals surface area (Å²) in [5, 5.41) is 0. The molecule has 4 heteroatoms. The average molecular weight is 388 g/mol. The Morgan fingerprint density at radius 2 is 1.66 bits per heavy atom. The van der Waals surface area contributed by atoms with Crippen molar-refractivity contribution in [3.63, 3.8) is 0 Å². The molecule has 1 aliphatic rings. The van der Waals surface area contributed by atoms with Crippen LogP contribution in [0.2, 0.25) is 0 Å². The maximum atomic E-state index is 13.0. The highest BCUT2D eigenvalue weighted by Crippen LogP contribution is 2.24. The molecule has 1 fully saturated rings. The minimum atomic E-state index is 0.120. The number of carbonyl (C=O) groups excluding carboxylic acids is 1. The van der Waals surface area contributed by atoms with Crippen molar-refractivity contribution in [2.45, 2.75) is 46.0 Å². The quantitative estimate of drug-likeness (QED) is 0.610. The Morgan fingerprint density at radius 1 is 0.966 bits per heavy atom. The zero-order valence-corrected chi connectivity index (χ0v) is 17.4. The maximum absolute atomic E-state index is 13.0. The van der Waals surface area contributed by atoms with Crippen LogP contribution in [0.25, 0.3) is 11.0 Å². The lowest BCUT2D eigenvalue weighted by atomic mass is 9.90. The van der Waals surface area contributed by atoms with Gasteiger partial charge in [-0.2, -0.15) is 0 Å². The highest BCUT2D eigenvalue weighted by molar-refractivity contribution is 5.97. The third-order valence-electron chi connectivity index (χ3n) is 6.14. The van der Waals surface area contributed by atoms with Crippen LogP contribution in [0.4, 0.5) is 0 Å². The predicted octanol–water partition coefficient (Wildman–Crippen LogP) is 5.12. The Labute approximate surface area is 173 Å². The number of amides is 1. The number of aromatic nitrogens is 2. The summed E-state index contributed by atoms with van der Waals surface area (Å²) in [6.07, 6.45) is 5.83. The fourth-order valence-corrected chi connectivity index (χ4v) is 4.21. The van der Waals surface area contributed by atoms with E-state index in [9.17, 15) is 4.79 Å². The summed E-state index contributed by atoms with van der Waals surface area (Å²) in [4.78, 5) is 24.1. The van der Waals surface area contributed by atoms with Gasteiger partial charge in [-0.05, 0) is 75.6 Å². The van der Waals surface area contributed by atoms with Gasteiger partial charge in [-0.1, -0.05) is 30.3 Å². The first kappa shape index (κ1) is 19.6. The van der Waals surface area contributed by atoms with Crippen molar-refractivity contribution in [3.05, 3.63) is 71.0 Å². The van der Waals surface area contributed by atoms with Gasteiger partial charge in [0.1, 0.15) is 0 Å². The smallest absolute Gasteiger partial charge is 0.253 e. The van der Waals surface area contributed by atoms with E-state index in [0.717, 1.165) is 66.3 Å². The second-order valence-electron chi connectivity index (χ2n) is 8.21. The van der Waals surface area contributed by atoms with E-state index in [1.807, 2.05) is 36.9 Å². The second kappa shape index (κ2) is 8.73. The van der Waals surface area contributed by atoms with Crippen LogP contribution in [0.15, 0.2) is 48.5 Å². The number of fused-ring (bicyclic) bond motifs is 1. The molecule has 0 radical (unpaired) electrons. The molecule has 0 spiro atoms. The van der Waals surface area contributed by atoms with Gasteiger partial charge in [0.25, 0.3) is 5.91 Å². The molecule has 0 unspecified atom stereocenters. The Hall–Kier alpha value is -2.75. The monoisotopic (exact) mass is 387 g/mol. The van der Waals surface area contributed by atoms with Crippen molar-refractivity contribution in [1.29, 1.82) is 0 Å². The Balaban J connectivity index is 1.32. The van der Waals surface area contributed by atoms with Gasteiger partial charge >= 0.3 is 0 Å². The summed E-state index contributed by atoms with van der Waals surface area (Å²) >= 11 is 0. The van der Waals surface area contributed by atoms with Gasteiger partial charge in [0.2, 0.25) is 0 Å². The summed E-state index contributed by atoms with van der Waals surface area (Å²) in [5.41, 5.74) is 5.64. The number of hydrogen-bond donors (Lipinski definition) is 0. The van der Waals surface area contributed by atoms with E-state index in [-0.39, 0.29) is 5.91 Å². The van der Waals surface area contributed by atoms with Crippen LogP contribution in [0.3, 0.4) is 0 Å². The number of likely N-dealkylation sites (tertiary alicyclic amines) is 1. The molecule has 1 aromatic heterocycles. The van der Waals surface area contributed by atoms with Gasteiger partial charge in [-0.25, -0.2) is 9.97 Å². The fourth-order valence-electron chi connectivity index (χ4n) is 4.21. The molecule has 0 saturated carbocycles. The fraction of sp³-hybridized carbons (Fsp3) is 0.400. The normalized spacial score (nSPS) is 15.0. The van der Waals surface area contributed by atoms with Crippen molar-refractivity contribution in [3.8, 4) is 0 Å². The molecular formula is C25H29N3O. The van der Waals surface area contributed by atoms with E-state index in [1.54, 1.807) is 0 Å². The molecule has 4 nitrogen and oxygen atoms in total. The average Bonchev–Trinajstić information content (AvgIpc) is 2.75. The summed E-state index contributed by atoms with van der Waals surface area (Å²) < 4.78 is 0. The number of hydrogen-bond acceptors (Lipinski definition) is 3. The Morgan fingerprint density at radius 3 is 2.38 bits per heavy atom. The molecule has 1 saturated heterocycles. The molecule has 0 N–H and O–H groups in total. The van der Waals surface area contributed by atoms with E-state index in [2.05, 4.69) is 40.3 Å². The zero-order valence-electron chi connectivity index (χ0n) is 17.4. The number of nitrogens with zero attached hydrogens (tertiary/aromatic N) is 3. The van der Waals surface area contributed by atoms with E-state index in [4.69, 9.17) is 0 Å². The van der Waals surface area contributed by atoms with Crippen molar-refractivity contribution in [2.24, 2.45) is 5.92 Å². The summed E-state index contributed by atoms with van der Waals surface area (Å²) in [7, 11) is 0. The van der Waals surface area contributed by atoms with Crippen molar-refractivity contribution in [2.75, 3.05) is 13.1 Å². The highest BCUT2D eigenvalue weighted by atomic mass is 16.2. The molecule has 2 heterocycles. The van der Waals surface area contributed by atoms with Crippen LogP contribution in [0.1, 0.15) is 53.0 Å². The molecule has 0 aliphatic carbocycles. The van der Waals surface area contributed by atoms with Gasteiger partial charge in [0.15, 0.2) is 0 Å². The standard InChI is InChI=1S/C25H29N3O/c1-18-19(2)27-24-17-22(11-12-23(24)26-18)25(29)28-15-13-21(14-16-28)10-6-9-20-7-4-3-5-8-20/h3-5,7-8,11-12,17,21H,6,9-10,13-16H2,1-2H3. The van der Waals surface area contributed by atoms with Crippen LogP contribution >= 0.6 is 0 Å². The summed E-state index contributed by atoms with van der Waals surface area (Å²) in [6.45, 7) is 5.63. The van der Waals surface area contributed by atoms with Crippen molar-refractivity contribution in [1.82, 2.24) is 14.9 Å². The van der Waals surface area contributed by atoms with Crippen LogP contribution < -0.4 is 0 Å². The summed E-state index contributed by atoms with van der Waals surface area (Å²) in [6, 6.07) is 16.4. The SMILES string of the molecule is Cc1nc2ccc(C(=O)N3CCC(CCCc4ccccc4)CC3)cc2nc1C. The molecule has 0 bridgehead atoms. The third kappa shape index (κ3) is 4.64. The molecule has 2 aromatic carbocycles. The van der Waals surface area contributed by atoms with Crippen LogP contribution in [-0.2, 0) is 6.42 Å². The molecular weight excluding hydrogens is 358 g/mol. The lowest BCUT2D eigenvalue weighted by Gasteiger charge is -2.32. The first-order valence-corrected chi connectivity index (χ1v) is 10.7. The number of rotatable bonds is 5. The third-order valence-corrected chi connectivity index (χ3v) is 6.14. The Bertz CT molecular complexity index is 992. The lowest BCUT2D eigenvalue weighted by Crippen LogP contribution is -2.38. The molecule has 1 amide bonds. The number of benzene rings is 2.